The SMILES string of the molecule is Cc1ccc(-c2csc(N3CCN(S(=O)(=O)c4ccc(F)cc4)CC3)n2)cc1C.O=S(=O)(c1ccc(F)cc1)N1CCN(c2nc(-c3ccc(Cl)c(Cl)c3)cs2)CC1. The van der Waals surface area contributed by atoms with E-state index in [1.807, 2.05) is 16.8 Å². The van der Waals surface area contributed by atoms with Gasteiger partial charge in [0.2, 0.25) is 20.0 Å². The lowest BCUT2D eigenvalue weighted by molar-refractivity contribution is 0.384. The molecule has 2 aliphatic heterocycles. The second-order valence-corrected chi connectivity index (χ2v) is 20.0. The van der Waals surface area contributed by atoms with Crippen LogP contribution in [-0.4, -0.2) is 87.8 Å². The molecule has 8 rings (SSSR count). The topological polar surface area (TPSA) is 107 Å². The van der Waals surface area contributed by atoms with E-state index in [4.69, 9.17) is 28.2 Å². The summed E-state index contributed by atoms with van der Waals surface area (Å²) >= 11 is 15.1. The van der Waals surface area contributed by atoms with Gasteiger partial charge in [0.15, 0.2) is 10.3 Å². The number of hydrogen-bond acceptors (Lipinski definition) is 10. The van der Waals surface area contributed by atoms with Gasteiger partial charge in [-0.25, -0.2) is 35.6 Å². The van der Waals surface area contributed by atoms with Gasteiger partial charge in [-0.3, -0.25) is 0 Å². The first kappa shape index (κ1) is 42.1. The summed E-state index contributed by atoms with van der Waals surface area (Å²) in [5.41, 5.74) is 6.19. The summed E-state index contributed by atoms with van der Waals surface area (Å²) in [6, 6.07) is 21.6. The molecule has 0 bridgehead atoms. The van der Waals surface area contributed by atoms with E-state index in [0.29, 0.717) is 62.4 Å². The summed E-state index contributed by atoms with van der Waals surface area (Å²) in [5, 5.41) is 6.67. The van der Waals surface area contributed by atoms with Crippen molar-refractivity contribution in [3.05, 3.63) is 128 Å². The van der Waals surface area contributed by atoms with E-state index < -0.39 is 31.7 Å². The third kappa shape index (κ3) is 9.39. The third-order valence-corrected chi connectivity index (χ3v) is 16.3. The summed E-state index contributed by atoms with van der Waals surface area (Å²) in [4.78, 5) is 13.8. The first-order valence-corrected chi connectivity index (χ1v) is 23.5. The average molecular weight is 904 g/mol. The Morgan fingerprint density at radius 3 is 1.36 bits per heavy atom. The molecule has 10 nitrogen and oxygen atoms in total. The first-order chi connectivity index (χ1) is 27.7. The lowest BCUT2D eigenvalue weighted by atomic mass is 10.1. The number of sulfonamides is 2. The van der Waals surface area contributed by atoms with Crippen LogP contribution in [0.3, 0.4) is 0 Å². The normalized spacial score (nSPS) is 15.6. The van der Waals surface area contributed by atoms with Gasteiger partial charge in [0.25, 0.3) is 0 Å². The highest BCUT2D eigenvalue weighted by atomic mass is 35.5. The van der Waals surface area contributed by atoms with Crippen molar-refractivity contribution in [2.24, 2.45) is 0 Å². The van der Waals surface area contributed by atoms with E-state index in [0.717, 1.165) is 44.9 Å². The van der Waals surface area contributed by atoms with E-state index in [9.17, 15) is 25.6 Å². The zero-order valence-corrected chi connectivity index (χ0v) is 36.1. The molecule has 2 fully saturated rings. The molecular weight excluding hydrogens is 866 g/mol. The zero-order valence-electron chi connectivity index (χ0n) is 31.4. The van der Waals surface area contributed by atoms with Crippen LogP contribution in [0.5, 0.6) is 0 Å². The van der Waals surface area contributed by atoms with Crippen molar-refractivity contribution in [3.63, 3.8) is 0 Å². The summed E-state index contributed by atoms with van der Waals surface area (Å²) in [5.74, 6) is -0.910. The predicted octanol–water partition coefficient (Wildman–Crippen LogP) is 8.84. The fourth-order valence-corrected chi connectivity index (χ4v) is 11.3. The van der Waals surface area contributed by atoms with Crippen molar-refractivity contribution in [3.8, 4) is 22.5 Å². The van der Waals surface area contributed by atoms with Crippen LogP contribution >= 0.6 is 45.9 Å². The number of aryl methyl sites for hydroxylation is 2. The fraction of sp³-hybridized carbons (Fsp3) is 0.250. The number of benzene rings is 4. The van der Waals surface area contributed by atoms with Gasteiger partial charge in [0.1, 0.15) is 11.6 Å². The molecule has 0 radical (unpaired) electrons. The Labute approximate surface area is 355 Å². The average Bonchev–Trinajstić information content (AvgIpc) is 3.93. The molecule has 304 valence electrons. The molecule has 18 heteroatoms. The van der Waals surface area contributed by atoms with Gasteiger partial charge in [-0.15, -0.1) is 22.7 Å². The van der Waals surface area contributed by atoms with Crippen LogP contribution in [0, 0.1) is 25.5 Å². The maximum atomic E-state index is 13.1. The number of halogens is 4. The molecule has 4 aromatic carbocycles. The van der Waals surface area contributed by atoms with Gasteiger partial charge in [-0.1, -0.05) is 41.4 Å². The summed E-state index contributed by atoms with van der Waals surface area (Å²) in [6.07, 6.45) is 0. The number of anilines is 2. The highest BCUT2D eigenvalue weighted by molar-refractivity contribution is 7.89. The van der Waals surface area contributed by atoms with Gasteiger partial charge in [0, 0.05) is 74.2 Å². The Morgan fingerprint density at radius 2 is 0.948 bits per heavy atom. The highest BCUT2D eigenvalue weighted by Crippen LogP contribution is 2.33. The Hall–Kier alpha value is -4.00. The lowest BCUT2D eigenvalue weighted by Crippen LogP contribution is -2.48. The quantitative estimate of drug-likeness (QED) is 0.149. The molecular formula is C40H38Cl2F2N6O4S4. The number of nitrogens with zero attached hydrogens (tertiary/aromatic N) is 6. The first-order valence-electron chi connectivity index (χ1n) is 18.1. The third-order valence-electron chi connectivity index (χ3n) is 9.92. The molecule has 0 aliphatic carbocycles. The van der Waals surface area contributed by atoms with Crippen LogP contribution < -0.4 is 9.80 Å². The minimum Gasteiger partial charge on any atom is -0.345 e. The number of aromatic nitrogens is 2. The van der Waals surface area contributed by atoms with Crippen LogP contribution in [0.25, 0.3) is 22.5 Å². The van der Waals surface area contributed by atoms with Gasteiger partial charge in [-0.2, -0.15) is 8.61 Å². The second kappa shape index (κ2) is 17.7. The van der Waals surface area contributed by atoms with E-state index in [1.54, 1.807) is 23.5 Å². The van der Waals surface area contributed by atoms with Gasteiger partial charge in [-0.05, 0) is 91.7 Å². The van der Waals surface area contributed by atoms with Crippen molar-refractivity contribution in [1.29, 1.82) is 0 Å². The van der Waals surface area contributed by atoms with Crippen LogP contribution in [-0.2, 0) is 20.0 Å². The summed E-state index contributed by atoms with van der Waals surface area (Å²) in [7, 11) is -7.24. The number of thiazole rings is 2. The monoisotopic (exact) mass is 902 g/mol. The molecule has 6 aromatic rings. The maximum absolute atomic E-state index is 13.1. The van der Waals surface area contributed by atoms with Crippen molar-refractivity contribution < 1.29 is 25.6 Å². The highest BCUT2D eigenvalue weighted by Gasteiger charge is 2.31. The molecule has 0 amide bonds. The number of piperazine rings is 2. The molecule has 0 saturated carbocycles. The second-order valence-electron chi connectivity index (χ2n) is 13.6. The van der Waals surface area contributed by atoms with Crippen LogP contribution in [0.15, 0.2) is 105 Å². The molecule has 2 saturated heterocycles. The molecule has 0 N–H and O–H groups in total. The van der Waals surface area contributed by atoms with Crippen molar-refractivity contribution in [1.82, 2.24) is 18.6 Å². The van der Waals surface area contributed by atoms with Crippen molar-refractivity contribution >= 4 is 76.2 Å². The van der Waals surface area contributed by atoms with Gasteiger partial charge < -0.3 is 9.80 Å². The number of rotatable bonds is 8. The number of hydrogen-bond donors (Lipinski definition) is 0. The van der Waals surface area contributed by atoms with Crippen molar-refractivity contribution in [2.75, 3.05) is 62.2 Å². The molecule has 0 spiro atoms. The largest absolute Gasteiger partial charge is 0.345 e. The molecule has 2 aliphatic rings. The maximum Gasteiger partial charge on any atom is 0.243 e. The van der Waals surface area contributed by atoms with Crippen molar-refractivity contribution in [2.45, 2.75) is 23.6 Å². The smallest absolute Gasteiger partial charge is 0.243 e. The molecule has 0 atom stereocenters. The molecule has 58 heavy (non-hydrogen) atoms. The fourth-order valence-electron chi connectivity index (χ4n) is 6.39. The summed E-state index contributed by atoms with van der Waals surface area (Å²) in [6.45, 7) is 7.78. The Balaban J connectivity index is 0.000000177. The standard InChI is InChI=1S/C21H22FN3O2S2.C19H16Cl2FN3O2S2/c1-15-3-4-17(13-16(15)2)20-14-28-21(23-20)24-9-11-25(12-10-24)29(26,27)19-7-5-18(22)6-8-19;20-16-6-1-13(11-17(16)21)18-12-28-19(23-18)24-7-9-25(10-8-24)29(26,27)15-4-2-14(22)3-5-15/h3-8,13-14H,9-12H2,1-2H3;1-6,11-12H,7-10H2. The molecule has 0 unspecified atom stereocenters. The minimum absolute atomic E-state index is 0.100. The molecule has 2 aromatic heterocycles. The van der Waals surface area contributed by atoms with Gasteiger partial charge >= 0.3 is 0 Å². The predicted molar refractivity (Wildman–Crippen MR) is 229 cm³/mol. The van der Waals surface area contributed by atoms with Crippen LogP contribution in [0.4, 0.5) is 19.0 Å². The Morgan fingerprint density at radius 1 is 0.534 bits per heavy atom. The molecule has 4 heterocycles. The van der Waals surface area contributed by atoms with Crippen LogP contribution in [0.2, 0.25) is 10.0 Å². The zero-order chi connectivity index (χ0) is 41.2. The van der Waals surface area contributed by atoms with E-state index in [1.165, 1.54) is 67.5 Å². The minimum atomic E-state index is -3.64. The van der Waals surface area contributed by atoms with E-state index in [-0.39, 0.29) is 9.79 Å². The van der Waals surface area contributed by atoms with Crippen LogP contribution in [0.1, 0.15) is 11.1 Å². The summed E-state index contributed by atoms with van der Waals surface area (Å²) < 4.78 is 80.1. The Bertz CT molecular complexity index is 2430. The lowest BCUT2D eigenvalue weighted by Gasteiger charge is -2.33. The van der Waals surface area contributed by atoms with E-state index >= 15 is 0 Å². The van der Waals surface area contributed by atoms with Gasteiger partial charge in [0.05, 0.1) is 31.2 Å². The van der Waals surface area contributed by atoms with E-state index in [2.05, 4.69) is 46.8 Å². The Kier molecular flexibility index (Phi) is 12.9.